The van der Waals surface area contributed by atoms with Crippen molar-refractivity contribution < 1.29 is 19.5 Å². The summed E-state index contributed by atoms with van der Waals surface area (Å²) in [5, 5.41) is 12.4. The molecule has 2 saturated heterocycles. The van der Waals surface area contributed by atoms with E-state index in [0.29, 0.717) is 22.1 Å². The van der Waals surface area contributed by atoms with Crippen LogP contribution in [0.25, 0.3) is 6.08 Å². The van der Waals surface area contributed by atoms with Crippen molar-refractivity contribution in [1.82, 2.24) is 10.2 Å². The van der Waals surface area contributed by atoms with Gasteiger partial charge in [0.1, 0.15) is 6.54 Å². The van der Waals surface area contributed by atoms with Gasteiger partial charge in [-0.25, -0.2) is 0 Å². The molecule has 0 radical (unpaired) electrons. The zero-order valence-electron chi connectivity index (χ0n) is 13.0. The van der Waals surface area contributed by atoms with Crippen LogP contribution in [0.3, 0.4) is 0 Å². The van der Waals surface area contributed by atoms with Crippen LogP contribution in [-0.2, 0) is 9.59 Å². The van der Waals surface area contributed by atoms with Crippen molar-refractivity contribution in [3.63, 3.8) is 0 Å². The number of carbonyl (C=O) groups is 3. The van der Waals surface area contributed by atoms with Gasteiger partial charge < -0.3 is 10.4 Å². The van der Waals surface area contributed by atoms with Gasteiger partial charge in [-0.3, -0.25) is 19.3 Å². The van der Waals surface area contributed by atoms with Gasteiger partial charge in [0.25, 0.3) is 11.1 Å². The lowest BCUT2D eigenvalue weighted by Gasteiger charge is -2.18. The van der Waals surface area contributed by atoms with E-state index in [4.69, 9.17) is 11.6 Å². The Morgan fingerprint density at radius 1 is 1.40 bits per heavy atom. The molecule has 0 spiro atoms. The van der Waals surface area contributed by atoms with Gasteiger partial charge >= 0.3 is 0 Å². The van der Waals surface area contributed by atoms with Crippen molar-refractivity contribution in [3.05, 3.63) is 39.8 Å². The summed E-state index contributed by atoms with van der Waals surface area (Å²) >= 11 is 8.24. The minimum absolute atomic E-state index is 0.247. The molecule has 0 unspecified atom stereocenters. The van der Waals surface area contributed by atoms with Gasteiger partial charge in [0.05, 0.1) is 17.1 Å². The molecule has 2 fully saturated rings. The first-order valence-corrected chi connectivity index (χ1v) is 9.85. The summed E-state index contributed by atoms with van der Waals surface area (Å²) in [5.41, 5.74) is 0.702. The van der Waals surface area contributed by atoms with Crippen LogP contribution in [0.15, 0.2) is 29.2 Å². The van der Waals surface area contributed by atoms with Crippen LogP contribution in [0.4, 0.5) is 4.79 Å². The molecule has 6 nitrogen and oxygen atoms in total. The second-order valence-corrected chi connectivity index (χ2v) is 8.11. The normalized spacial score (nSPS) is 25.0. The first-order valence-electron chi connectivity index (χ1n) is 7.50. The molecule has 2 atom stereocenters. The lowest BCUT2D eigenvalue weighted by molar-refractivity contribution is -0.129. The monoisotopic (exact) mass is 398 g/mol. The molecule has 2 N–H and O–H groups in total. The molecule has 2 aliphatic heterocycles. The molecule has 9 heteroatoms. The van der Waals surface area contributed by atoms with Crippen LogP contribution in [0.5, 0.6) is 0 Å². The maximum Gasteiger partial charge on any atom is 0.294 e. The van der Waals surface area contributed by atoms with Crippen molar-refractivity contribution in [2.45, 2.75) is 12.1 Å². The van der Waals surface area contributed by atoms with Crippen molar-refractivity contribution in [2.75, 3.05) is 18.1 Å². The predicted octanol–water partition coefficient (Wildman–Crippen LogP) is 1.97. The molecule has 0 aliphatic carbocycles. The summed E-state index contributed by atoms with van der Waals surface area (Å²) in [5.74, 6) is 0.211. The molecule has 25 heavy (non-hydrogen) atoms. The lowest BCUT2D eigenvalue weighted by Crippen LogP contribution is -2.47. The largest absolute Gasteiger partial charge is 0.390 e. The van der Waals surface area contributed by atoms with E-state index in [0.717, 1.165) is 16.7 Å². The minimum atomic E-state index is -0.605. The second kappa shape index (κ2) is 7.82. The molecule has 2 aliphatic rings. The first kappa shape index (κ1) is 18.3. The molecule has 1 aromatic rings. The molecule has 0 aromatic heterocycles. The van der Waals surface area contributed by atoms with Gasteiger partial charge in [0, 0.05) is 16.5 Å². The summed E-state index contributed by atoms with van der Waals surface area (Å²) in [6, 6.07) is 6.56. The summed E-state index contributed by atoms with van der Waals surface area (Å²) in [7, 11) is 0. The Labute approximate surface area is 158 Å². The van der Waals surface area contributed by atoms with Gasteiger partial charge in [0.2, 0.25) is 5.91 Å². The van der Waals surface area contributed by atoms with E-state index < -0.39 is 23.2 Å². The van der Waals surface area contributed by atoms with Gasteiger partial charge in [0.15, 0.2) is 0 Å². The minimum Gasteiger partial charge on any atom is -0.390 e. The Morgan fingerprint density at radius 3 is 2.88 bits per heavy atom. The maximum atomic E-state index is 12.4. The molecule has 132 valence electrons. The fourth-order valence-corrected chi connectivity index (χ4v) is 4.67. The van der Waals surface area contributed by atoms with E-state index in [1.54, 1.807) is 42.1 Å². The number of aliphatic hydroxyl groups excluding tert-OH is 1. The topological polar surface area (TPSA) is 86.7 Å². The highest BCUT2D eigenvalue weighted by molar-refractivity contribution is 8.18. The number of aliphatic hydroxyl groups is 1. The number of hydrogen-bond donors (Lipinski definition) is 2. The van der Waals surface area contributed by atoms with E-state index in [2.05, 4.69) is 5.32 Å². The maximum absolute atomic E-state index is 12.4. The molecule has 1 aromatic carbocycles. The van der Waals surface area contributed by atoms with E-state index >= 15 is 0 Å². The fraction of sp³-hybridized carbons (Fsp3) is 0.312. The Balaban J connectivity index is 1.66. The number of nitrogens with one attached hydrogen (secondary N) is 1. The number of nitrogens with zero attached hydrogens (tertiary/aromatic N) is 1. The number of amides is 3. The van der Waals surface area contributed by atoms with Crippen LogP contribution in [0.2, 0.25) is 5.02 Å². The van der Waals surface area contributed by atoms with E-state index in [1.165, 1.54) is 0 Å². The van der Waals surface area contributed by atoms with Crippen LogP contribution < -0.4 is 5.32 Å². The summed E-state index contributed by atoms with van der Waals surface area (Å²) in [6.45, 7) is -0.356. The van der Waals surface area contributed by atoms with Crippen molar-refractivity contribution >= 4 is 58.3 Å². The zero-order chi connectivity index (χ0) is 18.0. The number of halogens is 1. The van der Waals surface area contributed by atoms with E-state index in [9.17, 15) is 19.5 Å². The van der Waals surface area contributed by atoms with Gasteiger partial charge in [-0.15, -0.1) is 0 Å². The molecular formula is C16H15ClN2O4S2. The van der Waals surface area contributed by atoms with Crippen LogP contribution in [0.1, 0.15) is 5.56 Å². The third-order valence-corrected chi connectivity index (χ3v) is 6.03. The fourth-order valence-electron chi connectivity index (χ4n) is 2.46. The second-order valence-electron chi connectivity index (χ2n) is 5.60. The Hall–Kier alpha value is -1.48. The average Bonchev–Trinajstić information content (AvgIpc) is 3.06. The lowest BCUT2D eigenvalue weighted by atomic mass is 10.2. The zero-order valence-corrected chi connectivity index (χ0v) is 15.4. The molecule has 3 amide bonds. The van der Waals surface area contributed by atoms with E-state index in [-0.39, 0.29) is 17.5 Å². The van der Waals surface area contributed by atoms with Crippen LogP contribution >= 0.6 is 35.1 Å². The predicted molar refractivity (Wildman–Crippen MR) is 99.4 cm³/mol. The highest BCUT2D eigenvalue weighted by atomic mass is 35.5. The van der Waals surface area contributed by atoms with Crippen molar-refractivity contribution in [1.29, 1.82) is 0 Å². The quantitative estimate of drug-likeness (QED) is 0.754. The Kier molecular flexibility index (Phi) is 5.73. The highest BCUT2D eigenvalue weighted by Crippen LogP contribution is 2.32. The third-order valence-electron chi connectivity index (χ3n) is 3.72. The van der Waals surface area contributed by atoms with Crippen molar-refractivity contribution in [3.8, 4) is 0 Å². The van der Waals surface area contributed by atoms with Crippen LogP contribution in [0, 0.1) is 0 Å². The first-order chi connectivity index (χ1) is 11.9. The number of hydrogen-bond acceptors (Lipinski definition) is 6. The highest BCUT2D eigenvalue weighted by Gasteiger charge is 2.37. The SMILES string of the molecule is O=C(CN1C(=O)SC(=Cc2cccc(Cl)c2)C1=O)N[C@@H]1CSC[C@@H]1O. The van der Waals surface area contributed by atoms with Crippen LogP contribution in [-0.4, -0.2) is 57.3 Å². The van der Waals surface area contributed by atoms with Gasteiger partial charge in [-0.1, -0.05) is 23.7 Å². The third kappa shape index (κ3) is 4.38. The summed E-state index contributed by atoms with van der Waals surface area (Å²) < 4.78 is 0. The summed E-state index contributed by atoms with van der Waals surface area (Å²) in [6.07, 6.45) is 0.970. The number of benzene rings is 1. The number of thioether (sulfide) groups is 2. The number of carbonyl (C=O) groups excluding carboxylic acids is 3. The Bertz CT molecular complexity index is 755. The van der Waals surface area contributed by atoms with Crippen molar-refractivity contribution in [2.24, 2.45) is 0 Å². The number of rotatable bonds is 4. The van der Waals surface area contributed by atoms with Gasteiger partial charge in [-0.05, 0) is 35.5 Å². The van der Waals surface area contributed by atoms with E-state index in [1.807, 2.05) is 0 Å². The number of imide groups is 1. The molecule has 0 saturated carbocycles. The van der Waals surface area contributed by atoms with Gasteiger partial charge in [-0.2, -0.15) is 11.8 Å². The molecule has 2 heterocycles. The summed E-state index contributed by atoms with van der Waals surface area (Å²) in [4.78, 5) is 37.7. The molecule has 0 bridgehead atoms. The Morgan fingerprint density at radius 2 is 2.20 bits per heavy atom. The molecular weight excluding hydrogens is 384 g/mol. The molecule has 3 rings (SSSR count). The average molecular weight is 399 g/mol. The standard InChI is InChI=1S/C16H15ClN2O4S2/c17-10-3-1-2-9(4-10)5-13-15(22)19(16(23)25-13)6-14(21)18-11-7-24-8-12(11)20/h1-5,11-12,20H,6-8H2,(H,18,21)/t11-,12+/m1/s1. The smallest absolute Gasteiger partial charge is 0.294 e.